The van der Waals surface area contributed by atoms with Gasteiger partial charge in [-0.05, 0) is 73.7 Å². The molecule has 3 atom stereocenters. The Morgan fingerprint density at radius 1 is 0.923 bits per heavy atom. The van der Waals surface area contributed by atoms with Crippen molar-refractivity contribution < 1.29 is 43.3 Å². The number of fused-ring (bicyclic) bond motifs is 4. The maximum Gasteiger partial charge on any atom is 0.305 e. The number of nitrogens with one attached hydrogen (secondary N) is 3. The zero-order valence-electron chi connectivity index (χ0n) is 29.6. The van der Waals surface area contributed by atoms with E-state index in [9.17, 15) is 29.1 Å². The monoisotopic (exact) mass is 713 g/mol. The molecule has 0 aliphatic carbocycles. The van der Waals surface area contributed by atoms with Gasteiger partial charge >= 0.3 is 5.97 Å². The molecule has 1 unspecified atom stereocenters. The molecular weight excluding hydrogens is 670 g/mol. The number of aliphatic imine (C=N–C) groups is 1. The van der Waals surface area contributed by atoms with E-state index in [2.05, 4.69) is 25.7 Å². The molecule has 0 saturated heterocycles. The first-order valence-corrected chi connectivity index (χ1v) is 17.0. The Morgan fingerprint density at radius 2 is 1.65 bits per heavy atom. The van der Waals surface area contributed by atoms with Crippen molar-refractivity contribution >= 4 is 52.9 Å². The van der Waals surface area contributed by atoms with Gasteiger partial charge in [-0.25, -0.2) is 0 Å². The van der Waals surface area contributed by atoms with E-state index in [1.165, 1.54) is 28.1 Å². The number of rotatable bonds is 15. The van der Waals surface area contributed by atoms with Crippen LogP contribution in [-0.4, -0.2) is 73.3 Å². The van der Waals surface area contributed by atoms with Gasteiger partial charge in [0.05, 0.1) is 38.1 Å². The number of para-hydroxylation sites is 1. The molecule has 0 saturated carbocycles. The van der Waals surface area contributed by atoms with E-state index in [1.54, 1.807) is 41.4 Å². The van der Waals surface area contributed by atoms with Crippen LogP contribution in [0.15, 0.2) is 59.6 Å². The molecule has 2 aliphatic heterocycles. The summed E-state index contributed by atoms with van der Waals surface area (Å²) in [5.74, 6) is -1.25. The molecule has 3 aromatic rings. The van der Waals surface area contributed by atoms with Crippen LogP contribution in [0.3, 0.4) is 0 Å². The largest absolute Gasteiger partial charge is 0.493 e. The average molecular weight is 714 g/mol. The second kappa shape index (κ2) is 17.0. The fourth-order valence-corrected chi connectivity index (χ4v) is 6.05. The van der Waals surface area contributed by atoms with E-state index in [1.807, 2.05) is 24.3 Å². The average Bonchev–Trinajstić information content (AvgIpc) is 3.46. The molecule has 14 nitrogen and oxygen atoms in total. The van der Waals surface area contributed by atoms with Crippen molar-refractivity contribution in [2.45, 2.75) is 77.3 Å². The molecule has 4 N–H and O–H groups in total. The number of esters is 1. The highest BCUT2D eigenvalue weighted by Crippen LogP contribution is 2.41. The second-order valence-electron chi connectivity index (χ2n) is 12.7. The summed E-state index contributed by atoms with van der Waals surface area (Å²) in [6.45, 7) is 2.74. The summed E-state index contributed by atoms with van der Waals surface area (Å²) in [6.07, 6.45) is 3.74. The van der Waals surface area contributed by atoms with Gasteiger partial charge in [0.15, 0.2) is 11.5 Å². The van der Waals surface area contributed by atoms with E-state index >= 15 is 0 Å². The molecule has 0 radical (unpaired) electrons. The number of benzene rings is 3. The number of anilines is 2. The molecule has 0 bridgehead atoms. The lowest BCUT2D eigenvalue weighted by Crippen LogP contribution is -2.50. The molecule has 2 heterocycles. The third-order valence-electron chi connectivity index (χ3n) is 8.81. The van der Waals surface area contributed by atoms with Crippen molar-refractivity contribution in [3.05, 3.63) is 76.9 Å². The zero-order chi connectivity index (χ0) is 37.4. The Bertz CT molecular complexity index is 1880. The maximum atomic E-state index is 13.7. The van der Waals surface area contributed by atoms with Crippen LogP contribution in [-0.2, 0) is 43.5 Å². The SMILES string of the molecule is COC(=O)CCCCC(=O)N[C@@H](C)C(=O)NC(C)C(=O)Nc1cc(CO)cc(COc2cc3c(cc2OC)C(=O)N2c4ccccc4C[C@H]2C=N3)c1. The molecule has 4 amide bonds. The maximum absolute atomic E-state index is 13.7. The number of methoxy groups -OCH3 is 2. The van der Waals surface area contributed by atoms with Gasteiger partial charge < -0.3 is 35.3 Å². The number of carbonyl (C=O) groups is 5. The quantitative estimate of drug-likeness (QED) is 0.135. The van der Waals surface area contributed by atoms with E-state index < -0.39 is 23.9 Å². The first kappa shape index (κ1) is 37.5. The van der Waals surface area contributed by atoms with Crippen molar-refractivity contribution in [1.29, 1.82) is 0 Å². The van der Waals surface area contributed by atoms with Gasteiger partial charge in [0.2, 0.25) is 17.7 Å². The first-order chi connectivity index (χ1) is 25.0. The van der Waals surface area contributed by atoms with Gasteiger partial charge in [0.1, 0.15) is 18.7 Å². The summed E-state index contributed by atoms with van der Waals surface area (Å²) in [7, 11) is 2.78. The Kier molecular flexibility index (Phi) is 12.2. The van der Waals surface area contributed by atoms with Gasteiger partial charge in [0, 0.05) is 42.9 Å². The minimum atomic E-state index is -0.958. The summed E-state index contributed by atoms with van der Waals surface area (Å²) in [4.78, 5) is 69.3. The van der Waals surface area contributed by atoms with E-state index in [0.717, 1.165) is 11.3 Å². The van der Waals surface area contributed by atoms with Crippen LogP contribution >= 0.6 is 0 Å². The summed E-state index contributed by atoms with van der Waals surface area (Å²) in [5, 5.41) is 17.9. The van der Waals surface area contributed by atoms with Gasteiger partial charge in [-0.1, -0.05) is 18.2 Å². The predicted molar refractivity (Wildman–Crippen MR) is 193 cm³/mol. The Hall–Kier alpha value is -5.76. The highest BCUT2D eigenvalue weighted by molar-refractivity contribution is 6.14. The third-order valence-corrected chi connectivity index (χ3v) is 8.81. The van der Waals surface area contributed by atoms with Crippen LogP contribution in [0, 0.1) is 0 Å². The Labute approximate surface area is 301 Å². The first-order valence-electron chi connectivity index (χ1n) is 17.0. The van der Waals surface area contributed by atoms with Crippen LogP contribution in [0.25, 0.3) is 0 Å². The normalized spacial score (nSPS) is 15.3. The smallest absolute Gasteiger partial charge is 0.305 e. The van der Waals surface area contributed by atoms with Gasteiger partial charge in [-0.2, -0.15) is 0 Å². The highest BCUT2D eigenvalue weighted by Gasteiger charge is 2.36. The number of hydrogen-bond acceptors (Lipinski definition) is 10. The summed E-state index contributed by atoms with van der Waals surface area (Å²) >= 11 is 0. The zero-order valence-corrected chi connectivity index (χ0v) is 29.6. The minimum Gasteiger partial charge on any atom is -0.493 e. The fourth-order valence-electron chi connectivity index (χ4n) is 6.05. The topological polar surface area (TPSA) is 185 Å². The molecule has 0 spiro atoms. The van der Waals surface area contributed by atoms with Crippen LogP contribution < -0.4 is 30.3 Å². The number of hydrogen-bond donors (Lipinski definition) is 4. The molecule has 2 aliphatic rings. The number of amides is 4. The lowest BCUT2D eigenvalue weighted by Gasteiger charge is -2.22. The number of aliphatic hydroxyl groups excluding tert-OH is 1. The fraction of sp³-hybridized carbons (Fsp3) is 0.368. The van der Waals surface area contributed by atoms with Crippen molar-refractivity contribution in [3.63, 3.8) is 0 Å². The van der Waals surface area contributed by atoms with Crippen molar-refractivity contribution in [1.82, 2.24) is 10.6 Å². The molecular formula is C38H43N5O9. The van der Waals surface area contributed by atoms with Crippen LogP contribution in [0.5, 0.6) is 11.5 Å². The lowest BCUT2D eigenvalue weighted by molar-refractivity contribution is -0.140. The lowest BCUT2D eigenvalue weighted by atomic mass is 10.1. The molecule has 0 fully saturated rings. The summed E-state index contributed by atoms with van der Waals surface area (Å²) in [6, 6.07) is 14.0. The van der Waals surface area contributed by atoms with Crippen molar-refractivity contribution in [2.75, 3.05) is 24.4 Å². The van der Waals surface area contributed by atoms with Crippen molar-refractivity contribution in [2.24, 2.45) is 4.99 Å². The van der Waals surface area contributed by atoms with E-state index in [-0.39, 0.29) is 49.9 Å². The molecule has 0 aromatic heterocycles. The molecule has 5 rings (SSSR count). The van der Waals surface area contributed by atoms with Crippen LogP contribution in [0.1, 0.15) is 66.6 Å². The Balaban J connectivity index is 1.19. The van der Waals surface area contributed by atoms with Gasteiger partial charge in [-0.3, -0.25) is 33.9 Å². The van der Waals surface area contributed by atoms with Gasteiger partial charge in [0.25, 0.3) is 5.91 Å². The predicted octanol–water partition coefficient (Wildman–Crippen LogP) is 3.74. The van der Waals surface area contributed by atoms with Crippen molar-refractivity contribution in [3.8, 4) is 11.5 Å². The molecule has 52 heavy (non-hydrogen) atoms. The summed E-state index contributed by atoms with van der Waals surface area (Å²) in [5.41, 5.74) is 4.29. The van der Waals surface area contributed by atoms with Crippen LogP contribution in [0.2, 0.25) is 0 Å². The highest BCUT2D eigenvalue weighted by atomic mass is 16.5. The number of carbonyl (C=O) groups excluding carboxylic acids is 5. The van der Waals surface area contributed by atoms with E-state index in [0.29, 0.717) is 58.8 Å². The van der Waals surface area contributed by atoms with E-state index in [4.69, 9.17) is 9.47 Å². The number of aliphatic hydroxyl groups is 1. The number of ether oxygens (including phenoxy) is 3. The van der Waals surface area contributed by atoms with Crippen LogP contribution in [0.4, 0.5) is 17.1 Å². The molecule has 274 valence electrons. The summed E-state index contributed by atoms with van der Waals surface area (Å²) < 4.78 is 16.3. The third kappa shape index (κ3) is 8.93. The molecule has 14 heteroatoms. The second-order valence-corrected chi connectivity index (χ2v) is 12.7. The van der Waals surface area contributed by atoms with Gasteiger partial charge in [-0.15, -0.1) is 0 Å². The Morgan fingerprint density at radius 3 is 2.40 bits per heavy atom. The minimum absolute atomic E-state index is 0.0256. The number of nitrogens with zero attached hydrogens (tertiary/aromatic N) is 2. The standard InChI is InChI=1S/C38H43N5O9/c1-22(40-34(45)11-7-8-12-35(46)51-4)36(47)41-23(2)37(48)42-27-14-24(20-44)13-25(15-27)21-52-33-18-30-29(17-32(33)50-3)38(49)43-28(19-39-30)16-26-9-5-6-10-31(26)43/h5-6,9-10,13-15,17-19,22-23,28,44H,7-8,11-12,16,20-21H2,1-4H3,(H,40,45)(H,41,47)(H,42,48)/t22-,23?,28-/m0/s1. The molecule has 3 aromatic carbocycles. The number of unbranched alkanes of at least 4 members (excludes halogenated alkanes) is 1.